The van der Waals surface area contributed by atoms with E-state index in [1.165, 1.54) is 29.8 Å². The molecule has 0 saturated carbocycles. The van der Waals surface area contributed by atoms with Gasteiger partial charge in [0.25, 0.3) is 11.2 Å². The van der Waals surface area contributed by atoms with Crippen LogP contribution in [0.4, 0.5) is 5.69 Å². The molecule has 0 unspecified atom stereocenters. The highest BCUT2D eigenvalue weighted by Gasteiger charge is 2.19. The van der Waals surface area contributed by atoms with Crippen LogP contribution in [0.5, 0.6) is 0 Å². The zero-order valence-corrected chi connectivity index (χ0v) is 12.1. The standard InChI is InChI=1S/C16H11N3O4/c1-18-13-9-11(19(22)23)7-8-12(13)17-14(16(18)21)15(20)10-5-3-2-4-6-10/h2-9H,1H3. The molecule has 3 aromatic rings. The normalized spacial score (nSPS) is 10.7. The lowest BCUT2D eigenvalue weighted by Crippen LogP contribution is -2.27. The van der Waals surface area contributed by atoms with Gasteiger partial charge in [0.1, 0.15) is 0 Å². The Morgan fingerprint density at radius 2 is 1.87 bits per heavy atom. The fraction of sp³-hybridized carbons (Fsp3) is 0.0625. The number of nitrogens with zero attached hydrogens (tertiary/aromatic N) is 3. The Balaban J connectivity index is 2.23. The summed E-state index contributed by atoms with van der Waals surface area (Å²) in [4.78, 5) is 39.2. The van der Waals surface area contributed by atoms with Gasteiger partial charge in [-0.2, -0.15) is 0 Å². The first kappa shape index (κ1) is 14.6. The molecule has 0 amide bonds. The van der Waals surface area contributed by atoms with E-state index in [1.807, 2.05) is 0 Å². The van der Waals surface area contributed by atoms with Gasteiger partial charge in [-0.1, -0.05) is 30.3 Å². The molecule has 7 heteroatoms. The number of ketones is 1. The first-order valence-electron chi connectivity index (χ1n) is 6.74. The number of aromatic nitrogens is 2. The smallest absolute Gasteiger partial charge is 0.280 e. The van der Waals surface area contributed by atoms with Gasteiger partial charge in [-0.25, -0.2) is 4.98 Å². The van der Waals surface area contributed by atoms with Crippen molar-refractivity contribution in [2.45, 2.75) is 0 Å². The van der Waals surface area contributed by atoms with Crippen LogP contribution < -0.4 is 5.56 Å². The second kappa shape index (κ2) is 5.45. The number of hydrogen-bond donors (Lipinski definition) is 0. The molecule has 0 fully saturated rings. The molecule has 0 spiro atoms. The molecule has 0 aliphatic rings. The fourth-order valence-electron chi connectivity index (χ4n) is 2.30. The maximum Gasteiger partial charge on any atom is 0.280 e. The van der Waals surface area contributed by atoms with E-state index in [0.717, 1.165) is 0 Å². The Kier molecular flexibility index (Phi) is 3.46. The van der Waals surface area contributed by atoms with E-state index in [2.05, 4.69) is 4.98 Å². The van der Waals surface area contributed by atoms with E-state index >= 15 is 0 Å². The van der Waals surface area contributed by atoms with Crippen LogP contribution >= 0.6 is 0 Å². The number of hydrogen-bond acceptors (Lipinski definition) is 5. The molecule has 0 aliphatic carbocycles. The molecule has 1 aromatic heterocycles. The van der Waals surface area contributed by atoms with Crippen LogP contribution in [0, 0.1) is 10.1 Å². The predicted octanol–water partition coefficient (Wildman–Crippen LogP) is 2.07. The Morgan fingerprint density at radius 1 is 1.17 bits per heavy atom. The number of fused-ring (bicyclic) bond motifs is 1. The van der Waals surface area contributed by atoms with Crippen LogP contribution in [-0.2, 0) is 7.05 Å². The monoisotopic (exact) mass is 309 g/mol. The predicted molar refractivity (Wildman–Crippen MR) is 83.5 cm³/mol. The number of nitro groups is 1. The third-order valence-electron chi connectivity index (χ3n) is 3.52. The first-order valence-corrected chi connectivity index (χ1v) is 6.74. The molecular formula is C16H11N3O4. The van der Waals surface area contributed by atoms with Crippen molar-refractivity contribution in [3.63, 3.8) is 0 Å². The summed E-state index contributed by atoms with van der Waals surface area (Å²) in [6, 6.07) is 12.3. The molecule has 0 atom stereocenters. The highest BCUT2D eigenvalue weighted by Crippen LogP contribution is 2.18. The minimum atomic E-state index is -0.591. The zero-order valence-electron chi connectivity index (χ0n) is 12.1. The Bertz CT molecular complexity index is 993. The second-order valence-corrected chi connectivity index (χ2v) is 4.95. The highest BCUT2D eigenvalue weighted by atomic mass is 16.6. The number of nitro benzene ring substituents is 1. The Hall–Kier alpha value is -3.35. The number of non-ortho nitro benzene ring substituents is 1. The molecule has 0 aliphatic heterocycles. The Morgan fingerprint density at radius 3 is 2.52 bits per heavy atom. The van der Waals surface area contributed by atoms with Crippen molar-refractivity contribution in [1.82, 2.24) is 9.55 Å². The third-order valence-corrected chi connectivity index (χ3v) is 3.52. The highest BCUT2D eigenvalue weighted by molar-refractivity contribution is 6.08. The molecule has 114 valence electrons. The number of aryl methyl sites for hydroxylation is 1. The summed E-state index contributed by atoms with van der Waals surface area (Å²) in [5.74, 6) is -0.480. The number of carbonyl (C=O) groups is 1. The van der Waals surface area contributed by atoms with Gasteiger partial charge in [0.2, 0.25) is 5.78 Å². The van der Waals surface area contributed by atoms with Gasteiger partial charge in [0.15, 0.2) is 5.69 Å². The Labute approximate surface area is 130 Å². The SMILES string of the molecule is Cn1c(=O)c(C(=O)c2ccccc2)nc2ccc([N+](=O)[O-])cc21. The summed E-state index contributed by atoms with van der Waals surface area (Å²) in [6.45, 7) is 0. The molecule has 0 saturated heterocycles. The molecule has 1 heterocycles. The molecule has 0 N–H and O–H groups in total. The van der Waals surface area contributed by atoms with Crippen molar-refractivity contribution >= 4 is 22.5 Å². The maximum atomic E-state index is 12.5. The van der Waals surface area contributed by atoms with Crippen LogP contribution in [0.25, 0.3) is 11.0 Å². The van der Waals surface area contributed by atoms with Crippen molar-refractivity contribution in [1.29, 1.82) is 0 Å². The molecule has 23 heavy (non-hydrogen) atoms. The van der Waals surface area contributed by atoms with Crippen LogP contribution in [0.2, 0.25) is 0 Å². The van der Waals surface area contributed by atoms with E-state index in [0.29, 0.717) is 16.6 Å². The molecule has 3 rings (SSSR count). The molecule has 0 radical (unpaired) electrons. The second-order valence-electron chi connectivity index (χ2n) is 4.95. The first-order chi connectivity index (χ1) is 11.0. The zero-order chi connectivity index (χ0) is 16.6. The van der Waals surface area contributed by atoms with Crippen molar-refractivity contribution in [3.8, 4) is 0 Å². The van der Waals surface area contributed by atoms with Gasteiger partial charge in [-0.05, 0) is 6.07 Å². The lowest BCUT2D eigenvalue weighted by molar-refractivity contribution is -0.384. The fourth-order valence-corrected chi connectivity index (χ4v) is 2.30. The maximum absolute atomic E-state index is 12.5. The van der Waals surface area contributed by atoms with Gasteiger partial charge in [0.05, 0.1) is 16.0 Å². The largest absolute Gasteiger partial charge is 0.308 e. The molecular weight excluding hydrogens is 298 g/mol. The van der Waals surface area contributed by atoms with E-state index in [1.54, 1.807) is 30.3 Å². The van der Waals surface area contributed by atoms with Crippen molar-refractivity contribution < 1.29 is 9.72 Å². The summed E-state index contributed by atoms with van der Waals surface area (Å²) in [6.07, 6.45) is 0. The van der Waals surface area contributed by atoms with Crippen LogP contribution in [0.3, 0.4) is 0 Å². The van der Waals surface area contributed by atoms with E-state index in [9.17, 15) is 19.7 Å². The van der Waals surface area contributed by atoms with E-state index in [-0.39, 0.29) is 11.4 Å². The third kappa shape index (κ3) is 2.48. The summed E-state index contributed by atoms with van der Waals surface area (Å²) in [5.41, 5.74) is 0.0625. The van der Waals surface area contributed by atoms with Gasteiger partial charge in [-0.3, -0.25) is 19.7 Å². The van der Waals surface area contributed by atoms with Gasteiger partial charge >= 0.3 is 0 Å². The summed E-state index contributed by atoms with van der Waals surface area (Å²) >= 11 is 0. The summed E-state index contributed by atoms with van der Waals surface area (Å²) in [5, 5.41) is 10.8. The molecule has 2 aromatic carbocycles. The van der Waals surface area contributed by atoms with Gasteiger partial charge in [-0.15, -0.1) is 0 Å². The van der Waals surface area contributed by atoms with E-state index in [4.69, 9.17) is 0 Å². The lowest BCUT2D eigenvalue weighted by atomic mass is 10.1. The minimum absolute atomic E-state index is 0.142. The number of benzene rings is 2. The quantitative estimate of drug-likeness (QED) is 0.419. The van der Waals surface area contributed by atoms with Crippen LogP contribution in [0.1, 0.15) is 16.1 Å². The van der Waals surface area contributed by atoms with E-state index < -0.39 is 16.3 Å². The van der Waals surface area contributed by atoms with Gasteiger partial charge in [0, 0.05) is 24.7 Å². The number of rotatable bonds is 3. The topological polar surface area (TPSA) is 95.1 Å². The average molecular weight is 309 g/mol. The van der Waals surface area contributed by atoms with Crippen LogP contribution in [-0.4, -0.2) is 20.3 Å². The van der Waals surface area contributed by atoms with Gasteiger partial charge < -0.3 is 4.57 Å². The molecule has 0 bridgehead atoms. The number of carbonyl (C=O) groups excluding carboxylic acids is 1. The summed E-state index contributed by atoms with van der Waals surface area (Å²) in [7, 11) is 1.46. The lowest BCUT2D eigenvalue weighted by Gasteiger charge is -2.07. The average Bonchev–Trinajstić information content (AvgIpc) is 2.57. The van der Waals surface area contributed by atoms with Crippen molar-refractivity contribution in [2.75, 3.05) is 0 Å². The molecule has 7 nitrogen and oxygen atoms in total. The van der Waals surface area contributed by atoms with Crippen LogP contribution in [0.15, 0.2) is 53.3 Å². The van der Waals surface area contributed by atoms with Crippen molar-refractivity contribution in [2.24, 2.45) is 7.05 Å². The van der Waals surface area contributed by atoms with Crippen molar-refractivity contribution in [3.05, 3.63) is 80.3 Å². The minimum Gasteiger partial charge on any atom is -0.308 e. The summed E-state index contributed by atoms with van der Waals surface area (Å²) < 4.78 is 1.20.